The van der Waals surface area contributed by atoms with Gasteiger partial charge in [0.2, 0.25) is 0 Å². The second kappa shape index (κ2) is 8.89. The second-order valence-corrected chi connectivity index (χ2v) is 2.65. The summed E-state index contributed by atoms with van der Waals surface area (Å²) in [5.41, 5.74) is 0. The van der Waals surface area contributed by atoms with Crippen molar-refractivity contribution in [1.29, 1.82) is 0 Å². The average Bonchev–Trinajstić information content (AvgIpc) is 1.97. The first-order valence-corrected chi connectivity index (χ1v) is 4.83. The highest BCUT2D eigenvalue weighted by Crippen LogP contribution is 1.97. The zero-order valence-corrected chi connectivity index (χ0v) is 7.67. The zero-order chi connectivity index (χ0) is 7.66. The van der Waals surface area contributed by atoms with Crippen LogP contribution in [-0.2, 0) is 0 Å². The quantitative estimate of drug-likeness (QED) is 0.360. The van der Waals surface area contributed by atoms with Gasteiger partial charge >= 0.3 is 0 Å². The van der Waals surface area contributed by atoms with Gasteiger partial charge in [-0.2, -0.15) is 0 Å². The molecule has 1 nitrogen and oxygen atoms in total. The molecule has 0 aromatic rings. The largest absolute Gasteiger partial charge is 0.233 e. The van der Waals surface area contributed by atoms with E-state index in [1.54, 1.807) is 11.8 Å². The Bertz CT molecular complexity index is 137. The first kappa shape index (κ1) is 9.89. The molecule has 0 rings (SSSR count). The fraction of sp³-hybridized carbons (Fsp3) is 0.571. The summed E-state index contributed by atoms with van der Waals surface area (Å²) < 4.78 is 0. The number of thiocarbonyl (C=S) groups is 1. The summed E-state index contributed by atoms with van der Waals surface area (Å²) >= 11 is 6.13. The van der Waals surface area contributed by atoms with E-state index in [9.17, 15) is 0 Å². The van der Waals surface area contributed by atoms with Crippen molar-refractivity contribution in [3.8, 4) is 0 Å². The first-order chi connectivity index (χ1) is 4.91. The Morgan fingerprint density at radius 1 is 1.70 bits per heavy atom. The minimum Gasteiger partial charge on any atom is -0.233 e. The monoisotopic (exact) mass is 173 g/mol. The van der Waals surface area contributed by atoms with Crippen LogP contribution in [-0.4, -0.2) is 18.0 Å². The summed E-state index contributed by atoms with van der Waals surface area (Å²) in [6, 6.07) is 0. The summed E-state index contributed by atoms with van der Waals surface area (Å²) in [6.45, 7) is 0.808. The SMILES string of the molecule is CS/C=C/CCCN=C=S. The van der Waals surface area contributed by atoms with E-state index in [0.29, 0.717) is 0 Å². The lowest BCUT2D eigenvalue weighted by Crippen LogP contribution is -1.76. The third kappa shape index (κ3) is 7.89. The number of nitrogens with zero attached hydrogens (tertiary/aromatic N) is 1. The van der Waals surface area contributed by atoms with Crippen LogP contribution in [0.5, 0.6) is 0 Å². The van der Waals surface area contributed by atoms with E-state index in [0.717, 1.165) is 19.4 Å². The standard InChI is InChI=1S/C7H11NS2/c1-10-6-4-2-3-5-8-7-9/h4,6H,2-3,5H2,1H3/b6-4+. The zero-order valence-electron chi connectivity index (χ0n) is 6.04. The molecule has 56 valence electrons. The minimum absolute atomic E-state index is 0.808. The smallest absolute Gasteiger partial charge is 0.0584 e. The van der Waals surface area contributed by atoms with E-state index in [1.807, 2.05) is 6.26 Å². The Kier molecular flexibility index (Phi) is 8.79. The molecule has 0 unspecified atom stereocenters. The van der Waals surface area contributed by atoms with Gasteiger partial charge in [-0.25, -0.2) is 4.99 Å². The molecule has 10 heavy (non-hydrogen) atoms. The lowest BCUT2D eigenvalue weighted by atomic mass is 10.3. The Hall–Kier alpha value is -0.110. The number of allylic oxidation sites excluding steroid dienone is 1. The van der Waals surface area contributed by atoms with Gasteiger partial charge in [0.25, 0.3) is 0 Å². The van der Waals surface area contributed by atoms with Gasteiger partial charge in [0.1, 0.15) is 0 Å². The molecule has 0 heterocycles. The van der Waals surface area contributed by atoms with Gasteiger partial charge in [-0.3, -0.25) is 0 Å². The topological polar surface area (TPSA) is 12.4 Å². The maximum Gasteiger partial charge on any atom is 0.0584 e. The molecule has 0 spiro atoms. The molecule has 0 aliphatic heterocycles. The van der Waals surface area contributed by atoms with Gasteiger partial charge in [0.15, 0.2) is 0 Å². The van der Waals surface area contributed by atoms with Gasteiger partial charge in [-0.1, -0.05) is 6.08 Å². The molecule has 0 atom stereocenters. The van der Waals surface area contributed by atoms with Crippen molar-refractivity contribution in [3.05, 3.63) is 11.5 Å². The number of unbranched alkanes of at least 4 members (excludes halogenated alkanes) is 1. The highest BCUT2D eigenvalue weighted by atomic mass is 32.2. The van der Waals surface area contributed by atoms with E-state index in [2.05, 4.69) is 33.9 Å². The van der Waals surface area contributed by atoms with E-state index < -0.39 is 0 Å². The van der Waals surface area contributed by atoms with Crippen molar-refractivity contribution in [2.75, 3.05) is 12.8 Å². The minimum atomic E-state index is 0.808. The fourth-order valence-corrected chi connectivity index (χ4v) is 0.918. The molecule has 0 aliphatic carbocycles. The summed E-state index contributed by atoms with van der Waals surface area (Å²) in [6.07, 6.45) is 6.34. The van der Waals surface area contributed by atoms with Gasteiger partial charge in [0, 0.05) is 6.54 Å². The van der Waals surface area contributed by atoms with Crippen LogP contribution in [0.4, 0.5) is 0 Å². The number of aliphatic imine (C=N–C) groups is 1. The van der Waals surface area contributed by atoms with Gasteiger partial charge in [-0.15, -0.1) is 11.8 Å². The normalized spacial score (nSPS) is 9.70. The van der Waals surface area contributed by atoms with Crippen LogP contribution in [0.25, 0.3) is 0 Å². The molecule has 0 N–H and O–H groups in total. The van der Waals surface area contributed by atoms with E-state index in [1.165, 1.54) is 0 Å². The molecule has 0 amide bonds. The molecule has 0 aromatic heterocycles. The second-order valence-electron chi connectivity index (χ2n) is 1.72. The first-order valence-electron chi connectivity index (χ1n) is 3.13. The van der Waals surface area contributed by atoms with Gasteiger partial charge in [0.05, 0.1) is 5.16 Å². The molecule has 0 aromatic carbocycles. The Morgan fingerprint density at radius 3 is 3.10 bits per heavy atom. The molecular weight excluding hydrogens is 162 g/mol. The number of hydrogen-bond donors (Lipinski definition) is 0. The van der Waals surface area contributed by atoms with Crippen LogP contribution < -0.4 is 0 Å². The highest BCUT2D eigenvalue weighted by molar-refractivity contribution is 8.01. The highest BCUT2D eigenvalue weighted by Gasteiger charge is 1.78. The average molecular weight is 173 g/mol. The Morgan fingerprint density at radius 2 is 2.50 bits per heavy atom. The van der Waals surface area contributed by atoms with Crippen molar-refractivity contribution in [2.45, 2.75) is 12.8 Å². The van der Waals surface area contributed by atoms with E-state index in [-0.39, 0.29) is 0 Å². The number of isothiocyanates is 1. The summed E-state index contributed by atoms with van der Waals surface area (Å²) in [5.74, 6) is 0. The summed E-state index contributed by atoms with van der Waals surface area (Å²) in [5, 5.41) is 4.42. The summed E-state index contributed by atoms with van der Waals surface area (Å²) in [7, 11) is 0. The Labute approximate surface area is 71.6 Å². The van der Waals surface area contributed by atoms with Crippen molar-refractivity contribution < 1.29 is 0 Å². The van der Waals surface area contributed by atoms with Crippen LogP contribution in [0.1, 0.15) is 12.8 Å². The van der Waals surface area contributed by atoms with E-state index >= 15 is 0 Å². The van der Waals surface area contributed by atoms with Gasteiger partial charge < -0.3 is 0 Å². The van der Waals surface area contributed by atoms with E-state index in [4.69, 9.17) is 0 Å². The molecule has 0 bridgehead atoms. The fourth-order valence-electron chi connectivity index (χ4n) is 0.498. The van der Waals surface area contributed by atoms with Crippen molar-refractivity contribution >= 4 is 29.1 Å². The molecule has 0 saturated carbocycles. The van der Waals surface area contributed by atoms with Crippen LogP contribution in [0.3, 0.4) is 0 Å². The predicted octanol–water partition coefficient (Wildman–Crippen LogP) is 2.75. The van der Waals surface area contributed by atoms with Crippen molar-refractivity contribution in [3.63, 3.8) is 0 Å². The predicted molar refractivity (Wildman–Crippen MR) is 51.8 cm³/mol. The lowest BCUT2D eigenvalue weighted by Gasteiger charge is -1.86. The number of rotatable bonds is 5. The summed E-state index contributed by atoms with van der Waals surface area (Å²) in [4.78, 5) is 3.79. The molecule has 0 aliphatic rings. The van der Waals surface area contributed by atoms with Crippen LogP contribution >= 0.6 is 24.0 Å². The Balaban J connectivity index is 3.04. The van der Waals surface area contributed by atoms with Crippen molar-refractivity contribution in [2.24, 2.45) is 4.99 Å². The van der Waals surface area contributed by atoms with Crippen molar-refractivity contribution in [1.82, 2.24) is 0 Å². The molecule has 0 radical (unpaired) electrons. The lowest BCUT2D eigenvalue weighted by molar-refractivity contribution is 0.861. The maximum absolute atomic E-state index is 4.41. The maximum atomic E-state index is 4.41. The third-order valence-corrected chi connectivity index (χ3v) is 1.53. The third-order valence-electron chi connectivity index (χ3n) is 0.938. The van der Waals surface area contributed by atoms with Crippen LogP contribution in [0.15, 0.2) is 16.5 Å². The van der Waals surface area contributed by atoms with Crippen LogP contribution in [0, 0.1) is 0 Å². The van der Waals surface area contributed by atoms with Crippen LogP contribution in [0.2, 0.25) is 0 Å². The molecule has 3 heteroatoms. The molecular formula is C7H11NS2. The molecule has 0 saturated heterocycles. The number of hydrogen-bond acceptors (Lipinski definition) is 3. The molecule has 0 fully saturated rings. The number of thioether (sulfide) groups is 1. The van der Waals surface area contributed by atoms with Gasteiger partial charge in [-0.05, 0) is 36.7 Å².